The molecule has 6 nitrogen and oxygen atoms in total. The van der Waals surface area contributed by atoms with Crippen molar-refractivity contribution >= 4 is 67.9 Å². The van der Waals surface area contributed by atoms with E-state index < -0.39 is 58.9 Å². The summed E-state index contributed by atoms with van der Waals surface area (Å²) in [7, 11) is -13.6. The van der Waals surface area contributed by atoms with Gasteiger partial charge in [-0.2, -0.15) is 60.7 Å². The fourth-order valence-corrected chi connectivity index (χ4v) is 9.92. The van der Waals surface area contributed by atoms with E-state index in [1.807, 2.05) is 0 Å². The van der Waals surface area contributed by atoms with E-state index in [1.54, 1.807) is 0 Å². The predicted molar refractivity (Wildman–Crippen MR) is 225 cm³/mol. The fraction of sp³-hybridized carbons (Fsp3) is 0.143. The molecule has 6 rings (SSSR count). The van der Waals surface area contributed by atoms with Gasteiger partial charge in [0.2, 0.25) is 0 Å². The van der Waals surface area contributed by atoms with E-state index in [0.29, 0.717) is 0 Å². The van der Waals surface area contributed by atoms with E-state index >= 15 is 0 Å². The minimum absolute atomic E-state index is 0.458. The van der Waals surface area contributed by atoms with Crippen LogP contribution in [0.4, 0.5) is 43.9 Å². The third kappa shape index (κ3) is 14.2. The molecule has 20 heteroatoms. The highest BCUT2D eigenvalue weighted by molar-refractivity contribution is 7.87. The fourth-order valence-electron chi connectivity index (χ4n) is 4.92. The predicted octanol–water partition coefficient (Wildman–Crippen LogP) is 9.57. The van der Waals surface area contributed by atoms with Crippen LogP contribution in [-0.4, -0.2) is 48.8 Å². The van der Waals surface area contributed by atoms with Gasteiger partial charge in [0.25, 0.3) is 0 Å². The zero-order valence-corrected chi connectivity index (χ0v) is 35.6. The zero-order valence-electron chi connectivity index (χ0n) is 32.2. The van der Waals surface area contributed by atoms with E-state index in [4.69, 9.17) is 17.5 Å². The maximum atomic E-state index is 11.9. The van der Waals surface area contributed by atoms with Gasteiger partial charge in [-0.15, -0.1) is 0 Å². The molecule has 0 aliphatic rings. The Labute approximate surface area is 354 Å². The van der Waals surface area contributed by atoms with Crippen LogP contribution in [0.25, 0.3) is 0 Å². The van der Waals surface area contributed by atoms with Gasteiger partial charge in [-0.1, -0.05) is 181 Å². The van der Waals surface area contributed by atoms with E-state index in [0.717, 1.165) is 0 Å². The van der Waals surface area contributed by atoms with Gasteiger partial charge in [-0.05, 0) is 61.5 Å². The summed E-state index contributed by atoms with van der Waals surface area (Å²) in [5, 5.41) is 1.80. The molecule has 0 aliphatic carbocycles. The van der Waals surface area contributed by atoms with Crippen molar-refractivity contribution in [3.63, 3.8) is 0 Å². The van der Waals surface area contributed by atoms with Crippen LogP contribution in [0.3, 0.4) is 0 Å². The summed E-state index contributed by atoms with van der Waals surface area (Å²) >= 11 is 0. The van der Waals surface area contributed by atoms with Crippen molar-refractivity contribution in [2.24, 2.45) is 0 Å². The first-order chi connectivity index (χ1) is 28.7. The number of benzene rings is 6. The molecule has 332 valence electrons. The minimum Gasteiger partial charge on any atom is -0.281 e. The zero-order chi connectivity index (χ0) is 46.6. The topological polar surface area (TPSA) is 109 Å². The third-order valence-corrected chi connectivity index (χ3v) is 14.4. The highest BCUT2D eigenvalue weighted by atomic mass is 32.2. The molecule has 0 saturated heterocycles. The summed E-state index contributed by atoms with van der Waals surface area (Å²) in [5.41, 5.74) is -2.91. The smallest absolute Gasteiger partial charge is 0.281 e. The number of aryl methyl sites for hydroxylation is 2. The molecule has 6 aromatic carbocycles. The molecule has 0 radical (unpaired) electrons. The van der Waals surface area contributed by atoms with E-state index in [2.05, 4.69) is 184 Å². The molecule has 0 aromatic heterocycles. The average Bonchev–Trinajstić information content (AvgIpc) is 3.20. The molecule has 0 heterocycles. The summed E-state index contributed by atoms with van der Waals surface area (Å²) in [6.07, 6.45) is -6.79. The van der Waals surface area contributed by atoms with Crippen LogP contribution in [0.2, 0.25) is 0 Å². The lowest BCUT2D eigenvalue weighted by molar-refractivity contribution is -0.333. The highest BCUT2D eigenvalue weighted by Gasteiger charge is 2.78. The second-order valence-electron chi connectivity index (χ2n) is 12.7. The Bertz CT molecular complexity index is 2300. The number of halogens is 10. The molecule has 0 aliphatic heterocycles. The number of hydrogen-bond acceptors (Lipinski definition) is 4. The lowest BCUT2D eigenvalue weighted by Crippen LogP contribution is -2.55. The summed E-state index contributed by atoms with van der Waals surface area (Å²) in [6, 6.07) is 61.1. The van der Waals surface area contributed by atoms with E-state index in [-0.39, 0.29) is 0 Å². The Morgan fingerprint density at radius 3 is 0.742 bits per heavy atom. The van der Waals surface area contributed by atoms with Crippen LogP contribution in [0.1, 0.15) is 11.1 Å². The minimum atomic E-state index is -6.85. The van der Waals surface area contributed by atoms with Crippen molar-refractivity contribution in [1.29, 1.82) is 0 Å². The molecule has 0 amide bonds. The maximum Gasteiger partial charge on any atom is 0.522 e. The maximum absolute atomic E-state index is 11.9. The van der Waals surface area contributed by atoms with E-state index in [9.17, 15) is 52.3 Å². The molecule has 0 atom stereocenters. The lowest BCUT2D eigenvalue weighted by Gasteiger charge is -2.25. The summed E-state index contributed by atoms with van der Waals surface area (Å²) in [5.74, 6) is -6.85. The quantitative estimate of drug-likeness (QED) is 0.0682. The van der Waals surface area contributed by atoms with Crippen molar-refractivity contribution < 1.29 is 69.8 Å². The lowest BCUT2D eigenvalue weighted by atomic mass is 10.2. The van der Waals surface area contributed by atoms with Gasteiger partial charge in [-0.3, -0.25) is 9.11 Å². The Morgan fingerprint density at radius 2 is 0.581 bits per heavy atom. The van der Waals surface area contributed by atoms with Crippen LogP contribution >= 0.6 is 15.8 Å². The van der Waals surface area contributed by atoms with Crippen molar-refractivity contribution in [3.8, 4) is 0 Å². The van der Waals surface area contributed by atoms with Gasteiger partial charge in [0.15, 0.2) is 0 Å². The SMILES string of the molecule is Cc1ccc(P(c2ccccc2)c2ccccc2)cc1.Cc1ccc(P(c2ccccc2)c2ccccc2)cc1.O=S(=O)(O)C(F)(F)C(F)(F)C(F)(F)F.O=S(=O)(O)C(F)(F)F. The van der Waals surface area contributed by atoms with Gasteiger partial charge in [0.1, 0.15) is 0 Å². The Balaban J connectivity index is 0.000000232. The van der Waals surface area contributed by atoms with Crippen molar-refractivity contribution in [1.82, 2.24) is 0 Å². The van der Waals surface area contributed by atoms with Gasteiger partial charge < -0.3 is 0 Å². The molecule has 0 bridgehead atoms. The van der Waals surface area contributed by atoms with Crippen molar-refractivity contribution in [2.75, 3.05) is 0 Å². The Morgan fingerprint density at radius 1 is 0.371 bits per heavy atom. The molecule has 0 fully saturated rings. The van der Waals surface area contributed by atoms with Crippen LogP contribution in [0.15, 0.2) is 170 Å². The summed E-state index contributed by atoms with van der Waals surface area (Å²) in [4.78, 5) is 0. The normalized spacial score (nSPS) is 12.3. The number of alkyl halides is 10. The van der Waals surface area contributed by atoms with E-state index in [1.165, 1.54) is 43.0 Å². The first kappa shape index (κ1) is 51.6. The molecular weight excluding hydrogens is 917 g/mol. The van der Waals surface area contributed by atoms with Crippen LogP contribution in [0, 0.1) is 13.8 Å². The third-order valence-electron chi connectivity index (χ3n) is 7.98. The molecule has 0 saturated carbocycles. The highest BCUT2D eigenvalue weighted by Crippen LogP contribution is 2.48. The first-order valence-electron chi connectivity index (χ1n) is 17.5. The molecule has 0 unspecified atom stereocenters. The average molecular weight is 953 g/mol. The van der Waals surface area contributed by atoms with Gasteiger partial charge >= 0.3 is 43.1 Å². The largest absolute Gasteiger partial charge is 0.522 e. The second-order valence-corrected chi connectivity index (χ2v) is 20.0. The Kier molecular flexibility index (Phi) is 18.0. The van der Waals surface area contributed by atoms with Crippen molar-refractivity contribution in [2.45, 2.75) is 36.7 Å². The Hall–Kier alpha value is -4.70. The molecule has 2 N–H and O–H groups in total. The van der Waals surface area contributed by atoms with Crippen LogP contribution < -0.4 is 31.8 Å². The first-order valence-corrected chi connectivity index (χ1v) is 23.0. The molecule has 0 spiro atoms. The number of hydrogen-bond donors (Lipinski definition) is 2. The van der Waals surface area contributed by atoms with Crippen molar-refractivity contribution in [3.05, 3.63) is 181 Å². The standard InChI is InChI=1S/2C19H17P.C3HF7O3S.CHF3O3S/c2*1-16-12-14-19(15-13-16)20(17-8-4-2-5-9-17)18-10-6-3-7-11-18;4-1(5,2(6,7)8)3(9,10)14(11,12)13;2-1(3,4)8(5,6)7/h2*2-15H,1H3;(H,11,12,13);(H,5,6,7). The summed E-state index contributed by atoms with van der Waals surface area (Å²) in [6.45, 7) is 4.27. The monoisotopic (exact) mass is 952 g/mol. The van der Waals surface area contributed by atoms with Crippen LogP contribution in [-0.2, 0) is 20.2 Å². The van der Waals surface area contributed by atoms with Crippen LogP contribution in [0.5, 0.6) is 0 Å². The van der Waals surface area contributed by atoms with Gasteiger partial charge in [0.05, 0.1) is 0 Å². The summed E-state index contributed by atoms with van der Waals surface area (Å²) < 4.78 is 165. The second kappa shape index (κ2) is 21.6. The molecular formula is C42H36F10O6P2S2. The molecule has 6 aromatic rings. The van der Waals surface area contributed by atoms with Gasteiger partial charge in [0, 0.05) is 0 Å². The molecule has 62 heavy (non-hydrogen) atoms. The van der Waals surface area contributed by atoms with Gasteiger partial charge in [-0.25, -0.2) is 0 Å². The number of rotatable bonds is 8.